The molecule has 0 saturated heterocycles. The van der Waals surface area contributed by atoms with Gasteiger partial charge in [-0.2, -0.15) is 0 Å². The van der Waals surface area contributed by atoms with Gasteiger partial charge < -0.3 is 10.1 Å². The Morgan fingerprint density at radius 3 is 2.71 bits per heavy atom. The second kappa shape index (κ2) is 6.09. The lowest BCUT2D eigenvalue weighted by Crippen LogP contribution is -2.16. The number of amides is 1. The topological polar surface area (TPSA) is 85.4 Å². The van der Waals surface area contributed by atoms with Crippen LogP contribution >= 0.6 is 0 Å². The van der Waals surface area contributed by atoms with Crippen molar-refractivity contribution in [3.63, 3.8) is 0 Å². The van der Waals surface area contributed by atoms with Crippen LogP contribution in [0.4, 0.5) is 5.69 Å². The van der Waals surface area contributed by atoms with Crippen molar-refractivity contribution in [2.45, 2.75) is 6.42 Å². The predicted octanol–water partition coefficient (Wildman–Crippen LogP) is 1.62. The van der Waals surface area contributed by atoms with Gasteiger partial charge in [0, 0.05) is 24.1 Å². The summed E-state index contributed by atoms with van der Waals surface area (Å²) in [4.78, 5) is 16.1. The van der Waals surface area contributed by atoms with Gasteiger partial charge in [0.2, 0.25) is 11.8 Å². The van der Waals surface area contributed by atoms with E-state index in [4.69, 9.17) is 4.74 Å². The van der Waals surface area contributed by atoms with Gasteiger partial charge in [-0.25, -0.2) is 13.4 Å². The number of nitrogens with one attached hydrogen (secondary N) is 1. The smallest absolute Gasteiger partial charge is 0.225 e. The number of methoxy groups -OCH3 is 1. The van der Waals surface area contributed by atoms with E-state index >= 15 is 0 Å². The Hall–Kier alpha value is -2.15. The second-order valence-electron chi connectivity index (χ2n) is 4.66. The number of hydrogen-bond donors (Lipinski definition) is 1. The molecule has 1 aromatic heterocycles. The third kappa shape index (κ3) is 4.16. The summed E-state index contributed by atoms with van der Waals surface area (Å²) in [6.07, 6.45) is 1.02. The molecule has 2 rings (SSSR count). The third-order valence-corrected chi connectivity index (χ3v) is 3.82. The molecule has 7 heteroatoms. The summed E-state index contributed by atoms with van der Waals surface area (Å²) in [5, 5.41) is 3.48. The van der Waals surface area contributed by atoms with Crippen LogP contribution in [0, 0.1) is 0 Å². The Balaban J connectivity index is 2.26. The number of benzene rings is 1. The number of hydrogen-bond acceptors (Lipinski definition) is 5. The van der Waals surface area contributed by atoms with Gasteiger partial charge in [0.1, 0.15) is 9.84 Å². The van der Waals surface area contributed by atoms with Crippen LogP contribution in [0.2, 0.25) is 0 Å². The molecule has 0 aliphatic rings. The summed E-state index contributed by atoms with van der Waals surface area (Å²) in [7, 11) is -1.67. The molecule has 1 heterocycles. The van der Waals surface area contributed by atoms with Crippen molar-refractivity contribution >= 4 is 32.3 Å². The summed E-state index contributed by atoms with van der Waals surface area (Å²) in [5.74, 6) is -0.162. The standard InChI is InChI=1S/C14H16N2O4S/c1-20-14-9-12(10-5-3-4-6-11(10)16-14)15-13(17)7-8-21(2,18)19/h3-6,9H,7-8H2,1-2H3,(H,15,16,17). The van der Waals surface area contributed by atoms with Crippen molar-refractivity contribution < 1.29 is 17.9 Å². The number of sulfone groups is 1. The largest absolute Gasteiger partial charge is 0.481 e. The number of anilines is 1. The Morgan fingerprint density at radius 2 is 2.05 bits per heavy atom. The number of rotatable bonds is 5. The summed E-state index contributed by atoms with van der Waals surface area (Å²) < 4.78 is 27.3. The van der Waals surface area contributed by atoms with Crippen LogP contribution in [-0.2, 0) is 14.6 Å². The summed E-state index contributed by atoms with van der Waals surface area (Å²) in [6.45, 7) is 0. The SMILES string of the molecule is COc1cc(NC(=O)CCS(C)(=O)=O)c2ccccc2n1. The number of ether oxygens (including phenoxy) is 1. The maximum atomic E-state index is 11.9. The van der Waals surface area contributed by atoms with Crippen molar-refractivity contribution in [2.24, 2.45) is 0 Å². The van der Waals surface area contributed by atoms with E-state index < -0.39 is 9.84 Å². The number of carbonyl (C=O) groups excluding carboxylic acids is 1. The normalized spacial score (nSPS) is 11.3. The fraction of sp³-hybridized carbons (Fsp3) is 0.286. The quantitative estimate of drug-likeness (QED) is 0.907. The minimum Gasteiger partial charge on any atom is -0.481 e. The highest BCUT2D eigenvalue weighted by Crippen LogP contribution is 2.26. The van der Waals surface area contributed by atoms with Crippen LogP contribution in [0.5, 0.6) is 5.88 Å². The maximum Gasteiger partial charge on any atom is 0.225 e. The zero-order valence-corrected chi connectivity index (χ0v) is 12.6. The minimum atomic E-state index is -3.16. The molecule has 1 aromatic carbocycles. The van der Waals surface area contributed by atoms with E-state index in [-0.39, 0.29) is 18.1 Å². The van der Waals surface area contributed by atoms with E-state index in [1.165, 1.54) is 7.11 Å². The Kier molecular flexibility index (Phi) is 4.42. The number of nitrogens with zero attached hydrogens (tertiary/aromatic N) is 1. The molecule has 21 heavy (non-hydrogen) atoms. The molecule has 0 aliphatic carbocycles. The van der Waals surface area contributed by atoms with Crippen molar-refractivity contribution in [1.29, 1.82) is 0 Å². The average molecular weight is 308 g/mol. The lowest BCUT2D eigenvalue weighted by Gasteiger charge is -2.10. The van der Waals surface area contributed by atoms with Crippen LogP contribution in [0.25, 0.3) is 10.9 Å². The first-order valence-electron chi connectivity index (χ1n) is 6.30. The molecule has 0 atom stereocenters. The van der Waals surface area contributed by atoms with Crippen molar-refractivity contribution in [3.8, 4) is 5.88 Å². The van der Waals surface area contributed by atoms with Crippen LogP contribution < -0.4 is 10.1 Å². The number of para-hydroxylation sites is 1. The number of aromatic nitrogens is 1. The van der Waals surface area contributed by atoms with E-state index in [9.17, 15) is 13.2 Å². The average Bonchev–Trinajstić information content (AvgIpc) is 2.44. The molecular formula is C14H16N2O4S. The third-order valence-electron chi connectivity index (χ3n) is 2.88. The van der Waals surface area contributed by atoms with E-state index in [2.05, 4.69) is 10.3 Å². The maximum absolute atomic E-state index is 11.9. The molecule has 0 radical (unpaired) electrons. The Morgan fingerprint density at radius 1 is 1.33 bits per heavy atom. The zero-order chi connectivity index (χ0) is 15.5. The second-order valence-corrected chi connectivity index (χ2v) is 6.92. The van der Waals surface area contributed by atoms with Gasteiger partial charge in [0.25, 0.3) is 0 Å². The highest BCUT2D eigenvalue weighted by Gasteiger charge is 2.11. The van der Waals surface area contributed by atoms with E-state index in [1.54, 1.807) is 6.07 Å². The lowest BCUT2D eigenvalue weighted by molar-refractivity contribution is -0.115. The number of pyridine rings is 1. The van der Waals surface area contributed by atoms with E-state index in [0.717, 1.165) is 11.6 Å². The van der Waals surface area contributed by atoms with Crippen molar-refractivity contribution in [3.05, 3.63) is 30.3 Å². The fourth-order valence-electron chi connectivity index (χ4n) is 1.85. The van der Waals surface area contributed by atoms with Gasteiger partial charge in [-0.3, -0.25) is 4.79 Å². The summed E-state index contributed by atoms with van der Waals surface area (Å²) in [5.41, 5.74) is 1.24. The minimum absolute atomic E-state index is 0.0855. The molecule has 0 fully saturated rings. The Labute approximate surface area is 123 Å². The number of fused-ring (bicyclic) bond motifs is 1. The first-order chi connectivity index (χ1) is 9.89. The van der Waals surface area contributed by atoms with Gasteiger partial charge in [0.15, 0.2) is 0 Å². The number of carbonyl (C=O) groups is 1. The highest BCUT2D eigenvalue weighted by atomic mass is 32.2. The molecule has 2 aromatic rings. The molecule has 0 saturated carbocycles. The molecule has 6 nitrogen and oxygen atoms in total. The fourth-order valence-corrected chi connectivity index (χ4v) is 2.41. The molecule has 0 bridgehead atoms. The van der Waals surface area contributed by atoms with Crippen LogP contribution in [0.3, 0.4) is 0 Å². The Bertz CT molecular complexity index is 772. The molecule has 1 amide bonds. The van der Waals surface area contributed by atoms with Crippen LogP contribution in [0.15, 0.2) is 30.3 Å². The monoisotopic (exact) mass is 308 g/mol. The molecule has 0 spiro atoms. The molecule has 112 valence electrons. The van der Waals surface area contributed by atoms with E-state index in [0.29, 0.717) is 17.1 Å². The highest BCUT2D eigenvalue weighted by molar-refractivity contribution is 7.90. The molecule has 0 aliphatic heterocycles. The molecular weight excluding hydrogens is 292 g/mol. The lowest BCUT2D eigenvalue weighted by atomic mass is 10.2. The van der Waals surface area contributed by atoms with Gasteiger partial charge in [-0.1, -0.05) is 18.2 Å². The first-order valence-corrected chi connectivity index (χ1v) is 8.36. The van der Waals surface area contributed by atoms with Crippen LogP contribution in [-0.4, -0.2) is 38.4 Å². The van der Waals surface area contributed by atoms with Gasteiger partial charge in [-0.15, -0.1) is 0 Å². The summed E-state index contributed by atoms with van der Waals surface area (Å²) in [6, 6.07) is 8.92. The molecule has 0 unspecified atom stereocenters. The van der Waals surface area contributed by atoms with Crippen molar-refractivity contribution in [1.82, 2.24) is 4.98 Å². The first kappa shape index (κ1) is 15.2. The molecule has 1 N–H and O–H groups in total. The van der Waals surface area contributed by atoms with Gasteiger partial charge in [0.05, 0.1) is 24.1 Å². The van der Waals surface area contributed by atoms with Crippen LogP contribution in [0.1, 0.15) is 6.42 Å². The summed E-state index contributed by atoms with van der Waals surface area (Å²) >= 11 is 0. The van der Waals surface area contributed by atoms with E-state index in [1.807, 2.05) is 24.3 Å². The van der Waals surface area contributed by atoms with Crippen molar-refractivity contribution in [2.75, 3.05) is 24.4 Å². The zero-order valence-electron chi connectivity index (χ0n) is 11.8. The van der Waals surface area contributed by atoms with Gasteiger partial charge in [-0.05, 0) is 6.07 Å². The van der Waals surface area contributed by atoms with Gasteiger partial charge >= 0.3 is 0 Å². The predicted molar refractivity (Wildman–Crippen MR) is 81.3 cm³/mol.